The lowest BCUT2D eigenvalue weighted by Gasteiger charge is -2.09. The van der Waals surface area contributed by atoms with E-state index < -0.39 is 11.9 Å². The maximum Gasteiger partial charge on any atom is 0.343 e. The first-order chi connectivity index (χ1) is 21.0. The number of ether oxygens (including phenoxy) is 5. The van der Waals surface area contributed by atoms with Crippen molar-refractivity contribution in [2.24, 2.45) is 0 Å². The number of unbranched alkanes of at least 4 members (excludes halogenated alkanes) is 3. The lowest BCUT2D eigenvalue weighted by molar-refractivity contribution is -0.139. The summed E-state index contributed by atoms with van der Waals surface area (Å²) in [5, 5.41) is 0. The second-order valence-corrected chi connectivity index (χ2v) is 9.45. The highest BCUT2D eigenvalue weighted by molar-refractivity contribution is 5.91. The zero-order valence-corrected chi connectivity index (χ0v) is 24.5. The summed E-state index contributed by atoms with van der Waals surface area (Å²) in [7, 11) is 0. The van der Waals surface area contributed by atoms with Crippen LogP contribution in [-0.4, -0.2) is 50.9 Å². The topological polar surface area (TPSA) is 97.4 Å². The Bertz CT molecular complexity index is 1330. The van der Waals surface area contributed by atoms with E-state index in [1.807, 2.05) is 36.4 Å². The molecule has 0 spiro atoms. The Labute approximate surface area is 252 Å². The first-order valence-corrected chi connectivity index (χ1v) is 14.4. The summed E-state index contributed by atoms with van der Waals surface area (Å²) < 4.78 is 26.5. The summed E-state index contributed by atoms with van der Waals surface area (Å²) in [5.74, 6) is -0.289. The van der Waals surface area contributed by atoms with Crippen LogP contribution in [0.2, 0.25) is 0 Å². The second-order valence-electron chi connectivity index (χ2n) is 9.45. The van der Waals surface area contributed by atoms with Crippen LogP contribution in [0.5, 0.6) is 11.5 Å². The summed E-state index contributed by atoms with van der Waals surface area (Å²) in [6.45, 7) is 6.95. The highest BCUT2D eigenvalue weighted by atomic mass is 16.6. The molecule has 0 unspecified atom stereocenters. The molecule has 0 aromatic heterocycles. The van der Waals surface area contributed by atoms with E-state index >= 15 is 0 Å². The second kappa shape index (κ2) is 18.7. The van der Waals surface area contributed by atoms with Gasteiger partial charge in [0.1, 0.15) is 24.7 Å². The summed E-state index contributed by atoms with van der Waals surface area (Å²) >= 11 is 0. The van der Waals surface area contributed by atoms with E-state index in [-0.39, 0.29) is 19.2 Å². The molecule has 8 nitrogen and oxygen atoms in total. The summed E-state index contributed by atoms with van der Waals surface area (Å²) in [4.78, 5) is 35.4. The minimum atomic E-state index is -0.489. The molecule has 0 heterocycles. The molecule has 0 aliphatic rings. The Morgan fingerprint density at radius 3 is 1.98 bits per heavy atom. The molecule has 0 aliphatic heterocycles. The quantitative estimate of drug-likeness (QED) is 0.0692. The van der Waals surface area contributed by atoms with E-state index in [1.165, 1.54) is 6.08 Å². The van der Waals surface area contributed by atoms with Crippen molar-refractivity contribution in [1.29, 1.82) is 0 Å². The molecule has 226 valence electrons. The molecule has 0 fully saturated rings. The Morgan fingerprint density at radius 1 is 0.674 bits per heavy atom. The van der Waals surface area contributed by atoms with Crippen LogP contribution in [0.3, 0.4) is 0 Å². The Kier molecular flexibility index (Phi) is 14.3. The number of esters is 3. The summed E-state index contributed by atoms with van der Waals surface area (Å²) in [5.41, 5.74) is 3.24. The molecule has 3 aromatic rings. The van der Waals surface area contributed by atoms with Gasteiger partial charge >= 0.3 is 17.9 Å². The average Bonchev–Trinajstić information content (AvgIpc) is 3.04. The standard InChI is InChI=1S/C35H38O8/c1-3-5-6-7-22-41-34(37)21-10-27-8-11-28(12-9-27)29-13-19-32(20-14-29)43-35(38)30-15-17-31(18-16-30)40-25-23-39-24-26-42-33(36)4-2/h4,8-21H,2-3,5-7,22-26H2,1H3/b21-10+. The number of rotatable bonds is 18. The third kappa shape index (κ3) is 12.4. The fourth-order valence-electron chi connectivity index (χ4n) is 3.85. The number of carbonyl (C=O) groups excluding carboxylic acids is 3. The van der Waals surface area contributed by atoms with Gasteiger partial charge in [-0.1, -0.05) is 69.2 Å². The van der Waals surface area contributed by atoms with Crippen molar-refractivity contribution in [1.82, 2.24) is 0 Å². The lowest BCUT2D eigenvalue weighted by Crippen LogP contribution is -2.12. The summed E-state index contributed by atoms with van der Waals surface area (Å²) in [6.07, 6.45) is 8.54. The molecule has 0 radical (unpaired) electrons. The van der Waals surface area contributed by atoms with Crippen molar-refractivity contribution >= 4 is 24.0 Å². The van der Waals surface area contributed by atoms with Crippen LogP contribution in [0.4, 0.5) is 0 Å². The minimum Gasteiger partial charge on any atom is -0.491 e. The van der Waals surface area contributed by atoms with Crippen molar-refractivity contribution in [2.45, 2.75) is 32.6 Å². The van der Waals surface area contributed by atoms with E-state index in [0.717, 1.165) is 48.4 Å². The maximum atomic E-state index is 12.6. The SMILES string of the molecule is C=CC(=O)OCCOCCOc1ccc(C(=O)Oc2ccc(-c3ccc(/C=C/C(=O)OCCCCCC)cc3)cc2)cc1. The molecule has 8 heteroatoms. The largest absolute Gasteiger partial charge is 0.491 e. The Hall–Kier alpha value is -4.69. The van der Waals surface area contributed by atoms with Crippen molar-refractivity contribution < 1.29 is 38.1 Å². The van der Waals surface area contributed by atoms with Crippen molar-refractivity contribution in [3.8, 4) is 22.6 Å². The van der Waals surface area contributed by atoms with Crippen molar-refractivity contribution in [3.05, 3.63) is 103 Å². The lowest BCUT2D eigenvalue weighted by atomic mass is 10.0. The van der Waals surface area contributed by atoms with Crippen molar-refractivity contribution in [3.63, 3.8) is 0 Å². The molecule has 0 amide bonds. The van der Waals surface area contributed by atoms with E-state index in [9.17, 15) is 14.4 Å². The number of carbonyl (C=O) groups is 3. The van der Waals surface area contributed by atoms with Gasteiger partial charge in [-0.15, -0.1) is 0 Å². The van der Waals surface area contributed by atoms with Crippen LogP contribution < -0.4 is 9.47 Å². The first-order valence-electron chi connectivity index (χ1n) is 14.4. The van der Waals surface area contributed by atoms with Gasteiger partial charge in [0, 0.05) is 12.2 Å². The molecule has 0 bridgehead atoms. The van der Waals surface area contributed by atoms with Crippen LogP contribution in [0.1, 0.15) is 48.5 Å². The van der Waals surface area contributed by atoms with E-state index in [1.54, 1.807) is 42.5 Å². The Balaban J connectivity index is 1.40. The van der Waals surface area contributed by atoms with Gasteiger partial charge in [-0.3, -0.25) is 0 Å². The van der Waals surface area contributed by atoms with Gasteiger partial charge in [0.15, 0.2) is 0 Å². The number of hydrogen-bond donors (Lipinski definition) is 0. The molecule has 0 N–H and O–H groups in total. The van der Waals surface area contributed by atoms with E-state index in [2.05, 4.69) is 13.5 Å². The van der Waals surface area contributed by atoms with Gasteiger partial charge in [0.2, 0.25) is 0 Å². The van der Waals surface area contributed by atoms with Crippen LogP contribution >= 0.6 is 0 Å². The predicted molar refractivity (Wildman–Crippen MR) is 165 cm³/mol. The molecule has 0 atom stereocenters. The van der Waals surface area contributed by atoms with Crippen LogP contribution in [0.15, 0.2) is 91.5 Å². The molecule has 0 saturated carbocycles. The minimum absolute atomic E-state index is 0.148. The average molecular weight is 587 g/mol. The van der Waals surface area contributed by atoms with Crippen LogP contribution in [-0.2, 0) is 23.8 Å². The van der Waals surface area contributed by atoms with Crippen LogP contribution in [0.25, 0.3) is 17.2 Å². The molecule has 3 rings (SSSR count). The number of hydrogen-bond acceptors (Lipinski definition) is 8. The Morgan fingerprint density at radius 2 is 1.30 bits per heavy atom. The third-order valence-electron chi connectivity index (χ3n) is 6.19. The fourth-order valence-corrected chi connectivity index (χ4v) is 3.85. The molecule has 0 saturated heterocycles. The fraction of sp³-hybridized carbons (Fsp3) is 0.286. The third-order valence-corrected chi connectivity index (χ3v) is 6.19. The maximum absolute atomic E-state index is 12.6. The monoisotopic (exact) mass is 586 g/mol. The molecule has 43 heavy (non-hydrogen) atoms. The van der Waals surface area contributed by atoms with Gasteiger partial charge < -0.3 is 23.7 Å². The van der Waals surface area contributed by atoms with Crippen LogP contribution in [0, 0.1) is 0 Å². The normalized spacial score (nSPS) is 10.7. The van der Waals surface area contributed by atoms with Gasteiger partial charge in [0.25, 0.3) is 0 Å². The predicted octanol–water partition coefficient (Wildman–Crippen LogP) is 6.83. The zero-order chi connectivity index (χ0) is 30.7. The first kappa shape index (κ1) is 32.8. The highest BCUT2D eigenvalue weighted by Gasteiger charge is 2.09. The van der Waals surface area contributed by atoms with Gasteiger partial charge in [0.05, 0.1) is 25.4 Å². The van der Waals surface area contributed by atoms with Crippen molar-refractivity contribution in [2.75, 3.05) is 33.0 Å². The smallest absolute Gasteiger partial charge is 0.343 e. The van der Waals surface area contributed by atoms with E-state index in [0.29, 0.717) is 36.9 Å². The van der Waals surface area contributed by atoms with Gasteiger partial charge in [-0.05, 0) is 65.6 Å². The molecular formula is C35H38O8. The molecule has 3 aromatic carbocycles. The van der Waals surface area contributed by atoms with Gasteiger partial charge in [-0.25, -0.2) is 14.4 Å². The summed E-state index contributed by atoms with van der Waals surface area (Å²) in [6, 6.07) is 21.7. The number of benzene rings is 3. The molecule has 0 aliphatic carbocycles. The highest BCUT2D eigenvalue weighted by Crippen LogP contribution is 2.24. The van der Waals surface area contributed by atoms with E-state index in [4.69, 9.17) is 23.7 Å². The molecular weight excluding hydrogens is 548 g/mol. The van der Waals surface area contributed by atoms with Gasteiger partial charge in [-0.2, -0.15) is 0 Å². The zero-order valence-electron chi connectivity index (χ0n) is 24.5.